The zero-order valence-corrected chi connectivity index (χ0v) is 15.4. The minimum absolute atomic E-state index is 0.0722. The van der Waals surface area contributed by atoms with Crippen LogP contribution in [0.3, 0.4) is 0 Å². The van der Waals surface area contributed by atoms with Crippen LogP contribution < -0.4 is 9.64 Å². The smallest absolute Gasteiger partial charge is 0.254 e. The molecule has 26 heavy (non-hydrogen) atoms. The van der Waals surface area contributed by atoms with Crippen LogP contribution in [0.25, 0.3) is 0 Å². The van der Waals surface area contributed by atoms with E-state index in [1.807, 2.05) is 48.5 Å². The Kier molecular flexibility index (Phi) is 5.26. The lowest BCUT2D eigenvalue weighted by Crippen LogP contribution is -2.52. The van der Waals surface area contributed by atoms with Crippen LogP contribution in [-0.2, 0) is 4.79 Å². The van der Waals surface area contributed by atoms with Crippen molar-refractivity contribution < 1.29 is 14.3 Å². The fourth-order valence-electron chi connectivity index (χ4n) is 3.15. The molecule has 1 saturated heterocycles. The second-order valence-electron chi connectivity index (χ2n) is 6.72. The van der Waals surface area contributed by atoms with Crippen molar-refractivity contribution >= 4 is 17.5 Å². The maximum Gasteiger partial charge on any atom is 0.254 e. The number of rotatable bonds is 4. The first kappa shape index (κ1) is 18.0. The monoisotopic (exact) mass is 352 g/mol. The van der Waals surface area contributed by atoms with Gasteiger partial charge in [-0.25, -0.2) is 0 Å². The summed E-state index contributed by atoms with van der Waals surface area (Å²) >= 11 is 0. The summed E-state index contributed by atoms with van der Waals surface area (Å²) in [6.07, 6.45) is 0. The molecule has 2 amide bonds. The molecule has 0 aliphatic carbocycles. The van der Waals surface area contributed by atoms with Crippen LogP contribution in [0.15, 0.2) is 48.5 Å². The first-order valence-corrected chi connectivity index (χ1v) is 8.84. The van der Waals surface area contributed by atoms with E-state index in [1.165, 1.54) is 5.56 Å². The maximum absolute atomic E-state index is 12.7. The zero-order valence-electron chi connectivity index (χ0n) is 15.4. The van der Waals surface area contributed by atoms with Crippen molar-refractivity contribution in [3.63, 3.8) is 0 Å². The Balaban J connectivity index is 1.72. The van der Waals surface area contributed by atoms with E-state index < -0.39 is 0 Å². The molecule has 1 fully saturated rings. The number of nitrogens with zero attached hydrogens (tertiary/aromatic N) is 2. The predicted octanol–water partition coefficient (Wildman–Crippen LogP) is 3.31. The van der Waals surface area contributed by atoms with E-state index in [2.05, 4.69) is 13.8 Å². The Bertz CT molecular complexity index is 799. The molecular formula is C21H24N2O3. The second kappa shape index (κ2) is 7.60. The number of piperazine rings is 1. The molecule has 0 atom stereocenters. The van der Waals surface area contributed by atoms with Gasteiger partial charge in [0.1, 0.15) is 12.3 Å². The van der Waals surface area contributed by atoms with Gasteiger partial charge in [-0.3, -0.25) is 9.59 Å². The molecule has 0 spiro atoms. The number of para-hydroxylation sites is 2. The average molecular weight is 352 g/mol. The highest BCUT2D eigenvalue weighted by atomic mass is 16.5. The molecule has 0 radical (unpaired) electrons. The minimum atomic E-state index is -0.104. The van der Waals surface area contributed by atoms with Gasteiger partial charge in [0.2, 0.25) is 5.91 Å². The van der Waals surface area contributed by atoms with Crippen LogP contribution in [0.1, 0.15) is 35.7 Å². The van der Waals surface area contributed by atoms with Crippen LogP contribution in [0.4, 0.5) is 5.69 Å². The SMILES string of the molecule is COc1ccccc1N1CCN(C(=O)c2ccc(C(C)C)cc2)CC1=O. The lowest BCUT2D eigenvalue weighted by atomic mass is 10.0. The zero-order chi connectivity index (χ0) is 18.7. The predicted molar refractivity (Wildman–Crippen MR) is 102 cm³/mol. The largest absolute Gasteiger partial charge is 0.495 e. The number of amides is 2. The number of methoxy groups -OCH3 is 1. The van der Waals surface area contributed by atoms with Gasteiger partial charge >= 0.3 is 0 Å². The van der Waals surface area contributed by atoms with Gasteiger partial charge in [0, 0.05) is 18.7 Å². The third kappa shape index (κ3) is 3.57. The Morgan fingerprint density at radius 3 is 2.35 bits per heavy atom. The first-order valence-electron chi connectivity index (χ1n) is 8.84. The van der Waals surface area contributed by atoms with Crippen LogP contribution in [-0.4, -0.2) is 43.5 Å². The molecule has 0 aromatic heterocycles. The first-order chi connectivity index (χ1) is 12.5. The summed E-state index contributed by atoms with van der Waals surface area (Å²) in [4.78, 5) is 28.6. The maximum atomic E-state index is 12.7. The third-order valence-corrected chi connectivity index (χ3v) is 4.71. The van der Waals surface area contributed by atoms with Crippen molar-refractivity contribution in [1.29, 1.82) is 0 Å². The molecule has 3 rings (SSSR count). The molecule has 0 saturated carbocycles. The van der Waals surface area contributed by atoms with Gasteiger partial charge in [-0.05, 0) is 35.7 Å². The number of anilines is 1. The standard InChI is InChI=1S/C21H24N2O3/c1-15(2)16-8-10-17(11-9-16)21(25)22-12-13-23(20(24)14-22)18-6-4-5-7-19(18)26-3/h4-11,15H,12-14H2,1-3H3. The highest BCUT2D eigenvalue weighted by Crippen LogP contribution is 2.29. The van der Waals surface area contributed by atoms with Gasteiger partial charge in [-0.2, -0.15) is 0 Å². The van der Waals surface area contributed by atoms with Gasteiger partial charge in [0.15, 0.2) is 0 Å². The number of benzene rings is 2. The molecule has 1 aliphatic heterocycles. The van der Waals surface area contributed by atoms with Crippen LogP contribution in [0, 0.1) is 0 Å². The van der Waals surface area contributed by atoms with Crippen molar-refractivity contribution in [3.8, 4) is 5.75 Å². The molecule has 2 aromatic rings. The molecule has 0 N–H and O–H groups in total. The molecule has 5 nitrogen and oxygen atoms in total. The number of carbonyl (C=O) groups is 2. The summed E-state index contributed by atoms with van der Waals surface area (Å²) in [6, 6.07) is 15.1. The molecular weight excluding hydrogens is 328 g/mol. The Morgan fingerprint density at radius 2 is 1.73 bits per heavy atom. The lowest BCUT2D eigenvalue weighted by Gasteiger charge is -2.35. The normalized spacial score (nSPS) is 14.7. The lowest BCUT2D eigenvalue weighted by molar-refractivity contribution is -0.120. The average Bonchev–Trinajstić information content (AvgIpc) is 2.67. The fraction of sp³-hybridized carbons (Fsp3) is 0.333. The molecule has 2 aromatic carbocycles. The highest BCUT2D eigenvalue weighted by Gasteiger charge is 2.29. The summed E-state index contributed by atoms with van der Waals surface area (Å²) in [5.41, 5.74) is 2.56. The van der Waals surface area contributed by atoms with Crippen molar-refractivity contribution in [2.24, 2.45) is 0 Å². The summed E-state index contributed by atoms with van der Waals surface area (Å²) in [6.45, 7) is 5.26. The molecule has 0 bridgehead atoms. The third-order valence-electron chi connectivity index (χ3n) is 4.71. The van der Waals surface area contributed by atoms with Gasteiger partial charge in [0.25, 0.3) is 5.91 Å². The van der Waals surface area contributed by atoms with Crippen molar-refractivity contribution in [1.82, 2.24) is 4.90 Å². The van der Waals surface area contributed by atoms with Gasteiger partial charge in [0.05, 0.1) is 12.8 Å². The number of ether oxygens (including phenoxy) is 1. The molecule has 0 unspecified atom stereocenters. The van der Waals surface area contributed by atoms with Gasteiger partial charge in [-0.15, -0.1) is 0 Å². The van der Waals surface area contributed by atoms with Gasteiger partial charge in [-0.1, -0.05) is 38.1 Å². The van der Waals surface area contributed by atoms with E-state index in [-0.39, 0.29) is 18.4 Å². The Hall–Kier alpha value is -2.82. The highest BCUT2D eigenvalue weighted by molar-refractivity contribution is 6.02. The van der Waals surface area contributed by atoms with Crippen molar-refractivity contribution in [3.05, 3.63) is 59.7 Å². The Labute approximate surface area is 154 Å². The molecule has 1 heterocycles. The summed E-state index contributed by atoms with van der Waals surface area (Å²) in [7, 11) is 1.59. The topological polar surface area (TPSA) is 49.9 Å². The van der Waals surface area contributed by atoms with E-state index in [4.69, 9.17) is 4.74 Å². The van der Waals surface area contributed by atoms with E-state index in [0.29, 0.717) is 30.3 Å². The van der Waals surface area contributed by atoms with Crippen LogP contribution in [0.5, 0.6) is 5.75 Å². The van der Waals surface area contributed by atoms with Crippen molar-refractivity contribution in [2.45, 2.75) is 19.8 Å². The molecule has 5 heteroatoms. The van der Waals surface area contributed by atoms with E-state index in [0.717, 1.165) is 5.69 Å². The molecule has 136 valence electrons. The van der Waals surface area contributed by atoms with E-state index in [1.54, 1.807) is 16.9 Å². The Morgan fingerprint density at radius 1 is 1.04 bits per heavy atom. The summed E-state index contributed by atoms with van der Waals surface area (Å²) in [5.74, 6) is 0.872. The fourth-order valence-corrected chi connectivity index (χ4v) is 3.15. The van der Waals surface area contributed by atoms with Crippen LogP contribution in [0.2, 0.25) is 0 Å². The summed E-state index contributed by atoms with van der Waals surface area (Å²) < 4.78 is 5.35. The summed E-state index contributed by atoms with van der Waals surface area (Å²) in [5, 5.41) is 0. The number of hydrogen-bond donors (Lipinski definition) is 0. The van der Waals surface area contributed by atoms with Crippen molar-refractivity contribution in [2.75, 3.05) is 31.6 Å². The number of carbonyl (C=O) groups excluding carboxylic acids is 2. The molecule has 1 aliphatic rings. The second-order valence-corrected chi connectivity index (χ2v) is 6.72. The van der Waals surface area contributed by atoms with Gasteiger partial charge < -0.3 is 14.5 Å². The van der Waals surface area contributed by atoms with Crippen LogP contribution >= 0.6 is 0 Å². The quantitative estimate of drug-likeness (QED) is 0.848. The number of hydrogen-bond acceptors (Lipinski definition) is 3. The van der Waals surface area contributed by atoms with E-state index >= 15 is 0 Å². The van der Waals surface area contributed by atoms with E-state index in [9.17, 15) is 9.59 Å². The minimum Gasteiger partial charge on any atom is -0.495 e.